The molecule has 0 radical (unpaired) electrons. The summed E-state index contributed by atoms with van der Waals surface area (Å²) in [6, 6.07) is 1.24. The van der Waals surface area contributed by atoms with Gasteiger partial charge in [-0.2, -0.15) is 0 Å². The summed E-state index contributed by atoms with van der Waals surface area (Å²) in [5.74, 6) is 0. The van der Waals surface area contributed by atoms with Gasteiger partial charge in [0.25, 0.3) is 5.56 Å². The van der Waals surface area contributed by atoms with Crippen molar-refractivity contribution in [3.63, 3.8) is 0 Å². The minimum absolute atomic E-state index is 0.0728. The molecule has 1 aromatic rings. The zero-order valence-corrected chi connectivity index (χ0v) is 9.13. The molecule has 2 atom stereocenters. The first-order chi connectivity index (χ1) is 6.66. The Morgan fingerprint density at radius 1 is 1.57 bits per heavy atom. The van der Waals surface area contributed by atoms with E-state index in [0.29, 0.717) is 6.61 Å². The maximum Gasteiger partial charge on any atom is 0.332 e. The predicted octanol–water partition coefficient (Wildman–Crippen LogP) is -0.199. The van der Waals surface area contributed by atoms with E-state index in [4.69, 9.17) is 9.47 Å². The van der Waals surface area contributed by atoms with Gasteiger partial charge in [-0.1, -0.05) is 0 Å². The van der Waals surface area contributed by atoms with Crippen LogP contribution < -0.4 is 11.2 Å². The first-order valence-electron chi connectivity index (χ1n) is 3.89. The van der Waals surface area contributed by atoms with E-state index < -0.39 is 17.7 Å². The number of aromatic nitrogens is 2. The van der Waals surface area contributed by atoms with Crippen LogP contribution in [0.4, 0.5) is 0 Å². The molecule has 0 bridgehead atoms. The van der Waals surface area contributed by atoms with Crippen molar-refractivity contribution in [2.75, 3.05) is 6.61 Å². The highest BCUT2D eigenvalue weighted by atomic mass is 127. The van der Waals surface area contributed by atoms with Gasteiger partial charge in [0.2, 0.25) is 6.41 Å². The van der Waals surface area contributed by atoms with Gasteiger partial charge in [0.1, 0.15) is 4.11 Å². The molecule has 0 spiro atoms. The molecule has 6 nitrogen and oxygen atoms in total. The number of aromatic amines is 1. The van der Waals surface area contributed by atoms with E-state index in [-0.39, 0.29) is 4.11 Å². The van der Waals surface area contributed by atoms with Crippen molar-refractivity contribution in [2.24, 2.45) is 0 Å². The van der Waals surface area contributed by atoms with Gasteiger partial charge in [0.05, 0.1) is 6.61 Å². The highest BCUT2D eigenvalue weighted by molar-refractivity contribution is 14.1. The van der Waals surface area contributed by atoms with Crippen molar-refractivity contribution < 1.29 is 9.47 Å². The molecule has 2 unspecified atom stereocenters. The number of nitrogens with zero attached hydrogens (tertiary/aromatic N) is 1. The molecule has 1 saturated heterocycles. The fourth-order valence-corrected chi connectivity index (χ4v) is 1.56. The number of ether oxygens (including phenoxy) is 2. The van der Waals surface area contributed by atoms with E-state index in [0.717, 1.165) is 0 Å². The summed E-state index contributed by atoms with van der Waals surface area (Å²) in [6.07, 6.45) is 0.613. The van der Waals surface area contributed by atoms with Gasteiger partial charge in [-0.15, -0.1) is 0 Å². The third kappa shape index (κ3) is 1.88. The SMILES string of the molecule is O=c1ccn(C2OCC(I)O2)c(=O)[nH]1. The van der Waals surface area contributed by atoms with Crippen LogP contribution in [0.15, 0.2) is 21.9 Å². The molecule has 0 aromatic carbocycles. The molecular formula is C7H7IN2O4. The van der Waals surface area contributed by atoms with Gasteiger partial charge < -0.3 is 9.47 Å². The molecule has 0 amide bonds. The standard InChI is InChI=1S/C7H7IN2O4/c8-4-3-13-7(14-4)10-2-1-5(11)9-6(10)12/h1-2,4,7H,3H2,(H,9,11,12). The third-order valence-electron chi connectivity index (χ3n) is 1.71. The summed E-state index contributed by atoms with van der Waals surface area (Å²) in [5, 5.41) is 0. The van der Waals surface area contributed by atoms with Gasteiger partial charge >= 0.3 is 5.69 Å². The zero-order chi connectivity index (χ0) is 10.1. The van der Waals surface area contributed by atoms with Crippen molar-refractivity contribution >= 4 is 22.6 Å². The number of H-pyrrole nitrogens is 1. The number of alkyl halides is 1. The average Bonchev–Trinajstić information content (AvgIpc) is 2.51. The van der Waals surface area contributed by atoms with Crippen molar-refractivity contribution in [3.05, 3.63) is 33.1 Å². The van der Waals surface area contributed by atoms with Crippen LogP contribution in [-0.4, -0.2) is 20.3 Å². The van der Waals surface area contributed by atoms with Crippen LogP contribution >= 0.6 is 22.6 Å². The molecule has 1 aromatic heterocycles. The van der Waals surface area contributed by atoms with Crippen LogP contribution in [-0.2, 0) is 9.47 Å². The van der Waals surface area contributed by atoms with Crippen LogP contribution in [0.25, 0.3) is 0 Å². The summed E-state index contributed by atoms with van der Waals surface area (Å²) in [7, 11) is 0. The predicted molar refractivity (Wildman–Crippen MR) is 55.2 cm³/mol. The molecule has 1 aliphatic heterocycles. The lowest BCUT2D eigenvalue weighted by atomic mass is 10.6. The Morgan fingerprint density at radius 2 is 2.36 bits per heavy atom. The van der Waals surface area contributed by atoms with Gasteiger partial charge in [-0.25, -0.2) is 4.79 Å². The Bertz CT molecular complexity index is 440. The number of nitrogens with one attached hydrogen (secondary N) is 1. The molecule has 0 saturated carbocycles. The highest BCUT2D eigenvalue weighted by Crippen LogP contribution is 2.22. The molecule has 7 heteroatoms. The normalized spacial score (nSPS) is 26.6. The maximum atomic E-state index is 11.3. The van der Waals surface area contributed by atoms with E-state index >= 15 is 0 Å². The van der Waals surface area contributed by atoms with Gasteiger partial charge in [0, 0.05) is 12.3 Å². The molecule has 1 fully saturated rings. The molecule has 2 heterocycles. The molecule has 76 valence electrons. The average molecular weight is 310 g/mol. The maximum absolute atomic E-state index is 11.3. The topological polar surface area (TPSA) is 73.3 Å². The Hall–Kier alpha value is -0.670. The van der Waals surface area contributed by atoms with E-state index in [2.05, 4.69) is 27.6 Å². The number of hydrogen-bond acceptors (Lipinski definition) is 4. The first kappa shape index (κ1) is 9.87. The van der Waals surface area contributed by atoms with Gasteiger partial charge in [0.15, 0.2) is 0 Å². The first-order valence-corrected chi connectivity index (χ1v) is 5.14. The minimum atomic E-state index is -0.735. The lowest BCUT2D eigenvalue weighted by Gasteiger charge is -2.10. The summed E-state index contributed by atoms with van der Waals surface area (Å²) >= 11 is 2.06. The summed E-state index contributed by atoms with van der Waals surface area (Å²) < 4.78 is 11.6. The van der Waals surface area contributed by atoms with Crippen LogP contribution in [0.3, 0.4) is 0 Å². The van der Waals surface area contributed by atoms with Crippen LogP contribution in [0, 0.1) is 0 Å². The Balaban J connectivity index is 2.33. The fourth-order valence-electron chi connectivity index (χ4n) is 1.10. The lowest BCUT2D eigenvalue weighted by molar-refractivity contribution is -0.106. The quantitative estimate of drug-likeness (QED) is 0.576. The second-order valence-electron chi connectivity index (χ2n) is 2.70. The molecular weight excluding hydrogens is 303 g/mol. The Kier molecular flexibility index (Phi) is 2.70. The van der Waals surface area contributed by atoms with Crippen LogP contribution in [0.5, 0.6) is 0 Å². The lowest BCUT2D eigenvalue weighted by Crippen LogP contribution is -2.31. The third-order valence-corrected chi connectivity index (χ3v) is 2.37. The van der Waals surface area contributed by atoms with Crippen LogP contribution in [0.2, 0.25) is 0 Å². The Labute approximate surface area is 92.0 Å². The van der Waals surface area contributed by atoms with Gasteiger partial charge in [-0.05, 0) is 22.6 Å². The van der Waals surface area contributed by atoms with E-state index in [1.54, 1.807) is 0 Å². The van der Waals surface area contributed by atoms with E-state index in [1.807, 2.05) is 0 Å². The van der Waals surface area contributed by atoms with Crippen molar-refractivity contribution in [1.29, 1.82) is 0 Å². The molecule has 0 aliphatic carbocycles. The molecule has 2 rings (SSSR count). The highest BCUT2D eigenvalue weighted by Gasteiger charge is 2.25. The van der Waals surface area contributed by atoms with E-state index in [1.165, 1.54) is 16.8 Å². The fraction of sp³-hybridized carbons (Fsp3) is 0.429. The second kappa shape index (κ2) is 3.83. The Morgan fingerprint density at radius 3 is 2.93 bits per heavy atom. The number of hydrogen-bond donors (Lipinski definition) is 1. The largest absolute Gasteiger partial charge is 0.332 e. The monoisotopic (exact) mass is 310 g/mol. The summed E-state index contributed by atoms with van der Waals surface area (Å²) in [6.45, 7) is 0.427. The molecule has 1 aliphatic rings. The van der Waals surface area contributed by atoms with E-state index in [9.17, 15) is 9.59 Å². The van der Waals surface area contributed by atoms with Crippen LogP contribution in [0.1, 0.15) is 6.41 Å². The molecule has 14 heavy (non-hydrogen) atoms. The zero-order valence-electron chi connectivity index (χ0n) is 6.97. The summed E-state index contributed by atoms with van der Waals surface area (Å²) in [5.41, 5.74) is -0.969. The van der Waals surface area contributed by atoms with Crippen molar-refractivity contribution in [2.45, 2.75) is 10.5 Å². The van der Waals surface area contributed by atoms with Crippen molar-refractivity contribution in [3.8, 4) is 0 Å². The van der Waals surface area contributed by atoms with Crippen molar-refractivity contribution in [1.82, 2.24) is 9.55 Å². The summed E-state index contributed by atoms with van der Waals surface area (Å²) in [4.78, 5) is 24.2. The minimum Gasteiger partial charge on any atom is -0.331 e. The number of halogens is 1. The van der Waals surface area contributed by atoms with Gasteiger partial charge in [-0.3, -0.25) is 14.3 Å². The smallest absolute Gasteiger partial charge is 0.331 e. The second-order valence-corrected chi connectivity index (χ2v) is 4.09. The number of rotatable bonds is 1. The molecule has 1 N–H and O–H groups in total.